The van der Waals surface area contributed by atoms with Crippen LogP contribution in [0.2, 0.25) is 0 Å². The summed E-state index contributed by atoms with van der Waals surface area (Å²) in [4.78, 5) is 0. The third-order valence-corrected chi connectivity index (χ3v) is 1.90. The Kier molecular flexibility index (Phi) is 3.55. The van der Waals surface area contributed by atoms with Gasteiger partial charge in [0.1, 0.15) is 0 Å². The Labute approximate surface area is 102 Å². The number of alkyl halides is 1. The van der Waals surface area contributed by atoms with Gasteiger partial charge in [-0.2, -0.15) is 0 Å². The van der Waals surface area contributed by atoms with E-state index in [0.717, 1.165) is 5.56 Å². The van der Waals surface area contributed by atoms with Crippen LogP contribution in [0.5, 0.6) is 0 Å². The number of rotatable bonds is 1. The van der Waals surface area contributed by atoms with Crippen LogP contribution >= 0.6 is 11.6 Å². The van der Waals surface area contributed by atoms with E-state index in [1.54, 1.807) is 0 Å². The first kappa shape index (κ1) is 10.8. The van der Waals surface area contributed by atoms with Gasteiger partial charge in [0.25, 0.3) is 5.12 Å². The van der Waals surface area contributed by atoms with Crippen molar-refractivity contribution in [1.29, 1.82) is 0 Å². The average Bonchev–Trinajstić information content (AvgIpc) is 2.55. The van der Waals surface area contributed by atoms with Gasteiger partial charge in [-0.1, -0.05) is 41.9 Å². The van der Waals surface area contributed by atoms with E-state index >= 15 is 0 Å². The first-order valence-electron chi connectivity index (χ1n) is 3.40. The molecular weight excluding hydrogens is 199 g/mol. The minimum atomic E-state index is -1.12. The molecule has 0 aliphatic carbocycles. The first-order valence-corrected chi connectivity index (χ1v) is 3.77. The summed E-state index contributed by atoms with van der Waals surface area (Å²) in [5.41, 5.74) is 0.775. The van der Waals surface area contributed by atoms with E-state index < -0.39 is 5.12 Å². The molecule has 1 aliphatic rings. The van der Waals surface area contributed by atoms with Crippen molar-refractivity contribution in [2.75, 3.05) is 0 Å². The molecule has 4 nitrogen and oxygen atoms in total. The first-order chi connectivity index (χ1) is 5.81. The third kappa shape index (κ3) is 2.14. The monoisotopic (exact) mass is 204 g/mol. The van der Waals surface area contributed by atoms with Crippen LogP contribution in [-0.4, -0.2) is 29.6 Å². The van der Waals surface area contributed by atoms with Crippen molar-refractivity contribution in [3.05, 3.63) is 35.9 Å². The van der Waals surface area contributed by atoms with Gasteiger partial charge < -0.3 is 0 Å². The molecular formula is C7H6ClN4Na. The quantitative estimate of drug-likeness (QED) is 0.383. The molecule has 0 aromatic heterocycles. The van der Waals surface area contributed by atoms with Gasteiger partial charge in [0.05, 0.1) is 0 Å². The molecule has 1 aliphatic heterocycles. The Morgan fingerprint density at radius 1 is 1.00 bits per heavy atom. The summed E-state index contributed by atoms with van der Waals surface area (Å²) in [6.45, 7) is 0. The maximum atomic E-state index is 5.98. The summed E-state index contributed by atoms with van der Waals surface area (Å²) in [5.74, 6) is 0. The average molecular weight is 205 g/mol. The van der Waals surface area contributed by atoms with Gasteiger partial charge in [-0.15, -0.1) is 10.2 Å². The van der Waals surface area contributed by atoms with E-state index in [0.29, 0.717) is 0 Å². The Hall–Kier alpha value is -0.290. The topological polar surface area (TPSA) is 49.4 Å². The molecule has 1 aromatic rings. The van der Waals surface area contributed by atoms with Gasteiger partial charge in [0.2, 0.25) is 0 Å². The van der Waals surface area contributed by atoms with Crippen molar-refractivity contribution in [2.45, 2.75) is 5.12 Å². The van der Waals surface area contributed by atoms with E-state index in [9.17, 15) is 0 Å². The van der Waals surface area contributed by atoms with Crippen molar-refractivity contribution >= 4 is 41.2 Å². The zero-order chi connectivity index (χ0) is 8.44. The summed E-state index contributed by atoms with van der Waals surface area (Å²) in [6.07, 6.45) is 0. The molecule has 0 radical (unpaired) electrons. The van der Waals surface area contributed by atoms with Crippen molar-refractivity contribution in [3.8, 4) is 0 Å². The minimum absolute atomic E-state index is 0. The Balaban J connectivity index is 0.000000845. The molecule has 0 N–H and O–H groups in total. The molecule has 0 saturated heterocycles. The van der Waals surface area contributed by atoms with Crippen LogP contribution in [0.15, 0.2) is 51.0 Å². The molecule has 13 heavy (non-hydrogen) atoms. The van der Waals surface area contributed by atoms with Gasteiger partial charge in [0.15, 0.2) is 0 Å². The standard InChI is InChI=1S/C7H5ClN4.Na.H/c8-7(9-11-12-10-7)6-4-2-1-3-5-6;;/h1-5H;;. The number of hydrogen-bond donors (Lipinski definition) is 0. The summed E-state index contributed by atoms with van der Waals surface area (Å²) in [5, 5.41) is 13.0. The van der Waals surface area contributed by atoms with E-state index in [-0.39, 0.29) is 29.6 Å². The summed E-state index contributed by atoms with van der Waals surface area (Å²) < 4.78 is 0. The molecule has 0 spiro atoms. The van der Waals surface area contributed by atoms with Crippen LogP contribution in [0.4, 0.5) is 0 Å². The van der Waals surface area contributed by atoms with Gasteiger partial charge >= 0.3 is 29.6 Å². The van der Waals surface area contributed by atoms with Crippen LogP contribution in [-0.2, 0) is 5.12 Å². The van der Waals surface area contributed by atoms with Crippen LogP contribution in [0.1, 0.15) is 5.56 Å². The molecule has 0 unspecified atom stereocenters. The summed E-state index contributed by atoms with van der Waals surface area (Å²) in [6, 6.07) is 9.28. The predicted octanol–water partition coefficient (Wildman–Crippen LogP) is 2.22. The van der Waals surface area contributed by atoms with Gasteiger partial charge in [0, 0.05) is 5.56 Å². The van der Waals surface area contributed by atoms with Gasteiger partial charge in [-0.05, 0) is 10.4 Å². The predicted molar refractivity (Wildman–Crippen MR) is 50.8 cm³/mol. The molecule has 1 aromatic carbocycles. The van der Waals surface area contributed by atoms with Crippen molar-refractivity contribution in [3.63, 3.8) is 0 Å². The normalized spacial score (nSPS) is 17.0. The van der Waals surface area contributed by atoms with E-state index in [1.807, 2.05) is 30.3 Å². The number of halogens is 1. The number of benzene rings is 1. The molecule has 0 atom stereocenters. The maximum absolute atomic E-state index is 5.98. The Morgan fingerprint density at radius 2 is 1.54 bits per heavy atom. The van der Waals surface area contributed by atoms with Gasteiger partial charge in [-0.3, -0.25) is 0 Å². The van der Waals surface area contributed by atoms with Crippen molar-refractivity contribution < 1.29 is 0 Å². The van der Waals surface area contributed by atoms with Crippen LogP contribution in [0.25, 0.3) is 0 Å². The second-order valence-electron chi connectivity index (χ2n) is 2.33. The second-order valence-corrected chi connectivity index (χ2v) is 2.86. The SMILES string of the molecule is ClC1(c2ccccc2)N=NN=N1.[NaH]. The summed E-state index contributed by atoms with van der Waals surface area (Å²) >= 11 is 5.98. The number of nitrogens with zero attached hydrogens (tertiary/aromatic N) is 4. The fourth-order valence-electron chi connectivity index (χ4n) is 0.944. The third-order valence-electron chi connectivity index (χ3n) is 1.54. The molecule has 6 heteroatoms. The van der Waals surface area contributed by atoms with Crippen molar-refractivity contribution in [2.24, 2.45) is 20.7 Å². The Bertz CT molecular complexity index is 326. The molecule has 0 saturated carbocycles. The Morgan fingerprint density at radius 3 is 2.08 bits per heavy atom. The van der Waals surface area contributed by atoms with Gasteiger partial charge in [-0.25, -0.2) is 0 Å². The molecule has 62 valence electrons. The fourth-order valence-corrected chi connectivity index (χ4v) is 1.14. The summed E-state index contributed by atoms with van der Waals surface area (Å²) in [7, 11) is 0. The zero-order valence-corrected chi connectivity index (χ0v) is 6.81. The fraction of sp³-hybridized carbons (Fsp3) is 0.143. The molecule has 0 amide bonds. The number of hydrogen-bond acceptors (Lipinski definition) is 4. The van der Waals surface area contributed by atoms with Crippen molar-refractivity contribution in [1.82, 2.24) is 0 Å². The van der Waals surface area contributed by atoms with Crippen LogP contribution in [0, 0.1) is 0 Å². The van der Waals surface area contributed by atoms with Crippen LogP contribution in [0.3, 0.4) is 0 Å². The van der Waals surface area contributed by atoms with Crippen LogP contribution < -0.4 is 0 Å². The zero-order valence-electron chi connectivity index (χ0n) is 6.05. The molecule has 0 bridgehead atoms. The molecule has 0 fully saturated rings. The van der Waals surface area contributed by atoms with E-state index in [2.05, 4.69) is 20.7 Å². The van der Waals surface area contributed by atoms with E-state index in [1.165, 1.54) is 0 Å². The van der Waals surface area contributed by atoms with E-state index in [4.69, 9.17) is 11.6 Å². The second kappa shape index (κ2) is 4.28. The molecule has 1 heterocycles. The molecule has 2 rings (SSSR count).